The van der Waals surface area contributed by atoms with E-state index in [-0.39, 0.29) is 12.2 Å². The normalized spacial score (nSPS) is 25.9. The van der Waals surface area contributed by atoms with Gasteiger partial charge in [-0.05, 0) is 18.4 Å². The van der Waals surface area contributed by atoms with Crippen molar-refractivity contribution in [2.45, 2.75) is 50.7 Å². The summed E-state index contributed by atoms with van der Waals surface area (Å²) < 4.78 is 17.1. The highest BCUT2D eigenvalue weighted by Crippen LogP contribution is 2.23. The summed E-state index contributed by atoms with van der Waals surface area (Å²) in [6.45, 7) is 5.58. The Bertz CT molecular complexity index is 733. The number of morpholine rings is 1. The van der Waals surface area contributed by atoms with Crippen LogP contribution in [0.15, 0.2) is 40.9 Å². The topological polar surface area (TPSA) is 80.0 Å². The maximum absolute atomic E-state index is 10.3. The Morgan fingerprint density at radius 2 is 1.97 bits per heavy atom. The van der Waals surface area contributed by atoms with Crippen LogP contribution in [-0.4, -0.2) is 66.3 Å². The number of nitrogens with one attached hydrogen (secondary N) is 1. The standard InChI is InChI=1S/C22H31N3O4/c26-21-7-6-19(28-22(21)15-23-14-17-4-2-1-3-5-17)12-18-13-20(29-24-18)16-25-8-10-27-11-9-25/h1-5,13,19,21-23,26H,6-12,14-16H2/t19-,21-,22+/m0/s1. The molecule has 0 radical (unpaired) electrons. The van der Waals surface area contributed by atoms with E-state index in [0.717, 1.165) is 63.7 Å². The monoisotopic (exact) mass is 401 g/mol. The minimum Gasteiger partial charge on any atom is -0.390 e. The van der Waals surface area contributed by atoms with Crippen LogP contribution in [0.5, 0.6) is 0 Å². The molecule has 0 bridgehead atoms. The molecule has 29 heavy (non-hydrogen) atoms. The predicted octanol–water partition coefficient (Wildman–Crippen LogP) is 1.75. The maximum atomic E-state index is 10.3. The zero-order chi connectivity index (χ0) is 19.9. The first-order chi connectivity index (χ1) is 14.3. The molecule has 0 spiro atoms. The van der Waals surface area contributed by atoms with Crippen molar-refractivity contribution in [2.75, 3.05) is 32.8 Å². The largest absolute Gasteiger partial charge is 0.390 e. The lowest BCUT2D eigenvalue weighted by Crippen LogP contribution is -2.45. The van der Waals surface area contributed by atoms with E-state index in [1.54, 1.807) is 0 Å². The minimum absolute atomic E-state index is 0.0586. The second kappa shape index (κ2) is 10.3. The predicted molar refractivity (Wildman–Crippen MR) is 108 cm³/mol. The smallest absolute Gasteiger partial charge is 0.150 e. The van der Waals surface area contributed by atoms with E-state index < -0.39 is 6.10 Å². The number of aliphatic hydroxyl groups excluding tert-OH is 1. The second-order valence-corrected chi connectivity index (χ2v) is 7.93. The zero-order valence-electron chi connectivity index (χ0n) is 16.8. The van der Waals surface area contributed by atoms with Crippen molar-refractivity contribution >= 4 is 0 Å². The molecule has 158 valence electrons. The van der Waals surface area contributed by atoms with Crippen LogP contribution in [0.2, 0.25) is 0 Å². The van der Waals surface area contributed by atoms with Crippen LogP contribution in [-0.2, 0) is 29.0 Å². The molecule has 2 aliphatic heterocycles. The number of aromatic nitrogens is 1. The molecule has 1 aromatic heterocycles. The lowest BCUT2D eigenvalue weighted by Gasteiger charge is -2.34. The van der Waals surface area contributed by atoms with Gasteiger partial charge < -0.3 is 24.4 Å². The SMILES string of the molecule is O[C@H]1CC[C@@H](Cc2cc(CN3CCOCC3)on2)O[C@@H]1CNCc1ccccc1. The third kappa shape index (κ3) is 6.10. The van der Waals surface area contributed by atoms with E-state index >= 15 is 0 Å². The fourth-order valence-electron chi connectivity index (χ4n) is 3.98. The van der Waals surface area contributed by atoms with Crippen molar-refractivity contribution in [2.24, 2.45) is 0 Å². The molecule has 7 heteroatoms. The van der Waals surface area contributed by atoms with Gasteiger partial charge in [0.15, 0.2) is 5.76 Å². The number of hydrogen-bond donors (Lipinski definition) is 2. The van der Waals surface area contributed by atoms with Gasteiger partial charge in [-0.1, -0.05) is 35.5 Å². The Morgan fingerprint density at radius 3 is 2.79 bits per heavy atom. The highest BCUT2D eigenvalue weighted by atomic mass is 16.5. The molecule has 4 rings (SSSR count). The molecule has 0 amide bonds. The summed E-state index contributed by atoms with van der Waals surface area (Å²) in [5.41, 5.74) is 2.15. The Labute approximate surface area is 172 Å². The Morgan fingerprint density at radius 1 is 1.14 bits per heavy atom. The first-order valence-corrected chi connectivity index (χ1v) is 10.6. The molecule has 7 nitrogen and oxygen atoms in total. The van der Waals surface area contributed by atoms with Gasteiger partial charge in [-0.25, -0.2) is 0 Å². The van der Waals surface area contributed by atoms with Crippen LogP contribution in [0, 0.1) is 0 Å². The van der Waals surface area contributed by atoms with E-state index in [4.69, 9.17) is 14.0 Å². The molecule has 3 atom stereocenters. The van der Waals surface area contributed by atoms with Crippen LogP contribution in [0.4, 0.5) is 0 Å². The zero-order valence-corrected chi connectivity index (χ0v) is 16.8. The van der Waals surface area contributed by atoms with Gasteiger partial charge in [-0.2, -0.15) is 0 Å². The van der Waals surface area contributed by atoms with E-state index in [2.05, 4.69) is 27.5 Å². The van der Waals surface area contributed by atoms with E-state index in [0.29, 0.717) is 13.0 Å². The number of hydrogen-bond acceptors (Lipinski definition) is 7. The number of rotatable bonds is 8. The second-order valence-electron chi connectivity index (χ2n) is 7.93. The fraction of sp³-hybridized carbons (Fsp3) is 0.591. The average molecular weight is 402 g/mol. The highest BCUT2D eigenvalue weighted by molar-refractivity contribution is 5.14. The van der Waals surface area contributed by atoms with Gasteiger partial charge in [0, 0.05) is 38.7 Å². The number of aliphatic hydroxyl groups is 1. The summed E-state index contributed by atoms with van der Waals surface area (Å²) >= 11 is 0. The molecule has 2 aromatic rings. The van der Waals surface area contributed by atoms with E-state index in [9.17, 15) is 5.11 Å². The van der Waals surface area contributed by atoms with Crippen LogP contribution in [0.25, 0.3) is 0 Å². The summed E-state index contributed by atoms with van der Waals surface area (Å²) in [5, 5.41) is 18.0. The van der Waals surface area contributed by atoms with Crippen LogP contribution in [0.3, 0.4) is 0 Å². The third-order valence-electron chi connectivity index (χ3n) is 5.63. The molecule has 2 aliphatic rings. The van der Waals surface area contributed by atoms with E-state index in [1.807, 2.05) is 24.3 Å². The van der Waals surface area contributed by atoms with Crippen molar-refractivity contribution in [3.8, 4) is 0 Å². The van der Waals surface area contributed by atoms with Gasteiger partial charge >= 0.3 is 0 Å². The van der Waals surface area contributed by atoms with Crippen molar-refractivity contribution in [3.05, 3.63) is 53.4 Å². The van der Waals surface area contributed by atoms with Crippen molar-refractivity contribution in [1.82, 2.24) is 15.4 Å². The molecule has 0 aliphatic carbocycles. The Balaban J connectivity index is 1.23. The number of ether oxygens (including phenoxy) is 2. The van der Waals surface area contributed by atoms with Crippen molar-refractivity contribution in [3.63, 3.8) is 0 Å². The van der Waals surface area contributed by atoms with E-state index in [1.165, 1.54) is 5.56 Å². The first kappa shape index (κ1) is 20.5. The quantitative estimate of drug-likeness (QED) is 0.698. The van der Waals surface area contributed by atoms with Gasteiger partial charge in [-0.15, -0.1) is 0 Å². The third-order valence-corrected chi connectivity index (χ3v) is 5.63. The Kier molecular flexibility index (Phi) is 7.29. The summed E-state index contributed by atoms with van der Waals surface area (Å²) in [7, 11) is 0. The number of benzene rings is 1. The van der Waals surface area contributed by atoms with Gasteiger partial charge in [0.05, 0.1) is 43.8 Å². The first-order valence-electron chi connectivity index (χ1n) is 10.6. The van der Waals surface area contributed by atoms with Gasteiger partial charge in [0.1, 0.15) is 0 Å². The molecule has 1 aromatic carbocycles. The van der Waals surface area contributed by atoms with Crippen LogP contribution in [0.1, 0.15) is 29.9 Å². The van der Waals surface area contributed by atoms with Crippen LogP contribution >= 0.6 is 0 Å². The highest BCUT2D eigenvalue weighted by Gasteiger charge is 2.30. The number of nitrogens with zero attached hydrogens (tertiary/aromatic N) is 2. The lowest BCUT2D eigenvalue weighted by atomic mass is 9.98. The molecular weight excluding hydrogens is 370 g/mol. The van der Waals surface area contributed by atoms with Gasteiger partial charge in [0.25, 0.3) is 0 Å². The van der Waals surface area contributed by atoms with Gasteiger partial charge in [-0.3, -0.25) is 4.90 Å². The molecule has 2 N–H and O–H groups in total. The lowest BCUT2D eigenvalue weighted by molar-refractivity contribution is -0.115. The average Bonchev–Trinajstić information content (AvgIpc) is 3.18. The molecule has 0 saturated carbocycles. The van der Waals surface area contributed by atoms with Crippen molar-refractivity contribution < 1.29 is 19.1 Å². The van der Waals surface area contributed by atoms with Gasteiger partial charge in [0.2, 0.25) is 0 Å². The summed E-state index contributed by atoms with van der Waals surface area (Å²) in [6, 6.07) is 12.3. The summed E-state index contributed by atoms with van der Waals surface area (Å²) in [5.74, 6) is 0.888. The fourth-order valence-corrected chi connectivity index (χ4v) is 3.98. The molecule has 2 saturated heterocycles. The minimum atomic E-state index is -0.427. The van der Waals surface area contributed by atoms with Crippen LogP contribution < -0.4 is 5.32 Å². The molecule has 0 unspecified atom stereocenters. The molecular formula is C22H31N3O4. The summed E-state index contributed by atoms with van der Waals surface area (Å²) in [4.78, 5) is 2.32. The Hall–Kier alpha value is -1.77. The molecule has 3 heterocycles. The van der Waals surface area contributed by atoms with Crippen molar-refractivity contribution in [1.29, 1.82) is 0 Å². The maximum Gasteiger partial charge on any atom is 0.150 e. The summed E-state index contributed by atoms with van der Waals surface area (Å²) in [6.07, 6.45) is 1.74. The molecule has 2 fully saturated rings.